The molecule has 0 saturated heterocycles. The van der Waals surface area contributed by atoms with Crippen LogP contribution >= 0.6 is 35.1 Å². The lowest BCUT2D eigenvalue weighted by atomic mass is 10.1. The third-order valence-corrected chi connectivity index (χ3v) is 5.53. The van der Waals surface area contributed by atoms with Gasteiger partial charge in [-0.1, -0.05) is 35.5 Å². The molecule has 0 unspecified atom stereocenters. The van der Waals surface area contributed by atoms with E-state index in [1.54, 1.807) is 22.8 Å². The quantitative estimate of drug-likeness (QED) is 0.803. The van der Waals surface area contributed by atoms with E-state index >= 15 is 0 Å². The number of aromatic nitrogens is 2. The fourth-order valence-electron chi connectivity index (χ4n) is 2.05. The second-order valence-electron chi connectivity index (χ2n) is 4.91. The van der Waals surface area contributed by atoms with Crippen LogP contribution in [0.5, 0.6) is 0 Å². The number of rotatable bonds is 2. The Morgan fingerprint density at radius 1 is 1.35 bits per heavy atom. The van der Waals surface area contributed by atoms with Crippen molar-refractivity contribution in [1.82, 2.24) is 10.2 Å². The van der Waals surface area contributed by atoms with Crippen LogP contribution in [-0.2, 0) is 5.75 Å². The van der Waals surface area contributed by atoms with Gasteiger partial charge in [-0.25, -0.2) is 0 Å². The largest absolute Gasteiger partial charge is 0.264 e. The normalized spacial score (nSPS) is 13.3. The highest BCUT2D eigenvalue weighted by Gasteiger charge is 2.20. The van der Waals surface area contributed by atoms with Crippen molar-refractivity contribution < 1.29 is 0 Å². The zero-order chi connectivity index (χ0) is 16.4. The summed E-state index contributed by atoms with van der Waals surface area (Å²) >= 11 is 8.91. The Labute approximate surface area is 147 Å². The number of thioether (sulfide) groups is 2. The van der Waals surface area contributed by atoms with Gasteiger partial charge in [0.2, 0.25) is 0 Å². The topological polar surface area (TPSA) is 65.2 Å². The Morgan fingerprint density at radius 3 is 2.96 bits per heavy atom. The van der Waals surface area contributed by atoms with Crippen LogP contribution in [-0.4, -0.2) is 21.6 Å². The summed E-state index contributed by atoms with van der Waals surface area (Å²) in [6, 6.07) is 9.90. The van der Waals surface area contributed by atoms with Crippen molar-refractivity contribution >= 4 is 45.2 Å². The van der Waals surface area contributed by atoms with Gasteiger partial charge in [0.25, 0.3) is 0 Å². The van der Waals surface area contributed by atoms with E-state index in [4.69, 9.17) is 11.6 Å². The van der Waals surface area contributed by atoms with Crippen molar-refractivity contribution in [3.05, 3.63) is 46.1 Å². The monoisotopic (exact) mass is 361 g/mol. The van der Waals surface area contributed by atoms with Crippen LogP contribution in [0.3, 0.4) is 0 Å². The molecular formula is C15H12ClN5S2. The lowest BCUT2D eigenvalue weighted by Gasteiger charge is -2.22. The Hall–Kier alpha value is -1.75. The molecule has 116 valence electrons. The smallest absolute Gasteiger partial charge is 0.157 e. The first-order valence-electron chi connectivity index (χ1n) is 6.72. The number of hydrazone groups is 1. The molecule has 1 aromatic carbocycles. The zero-order valence-electron chi connectivity index (χ0n) is 12.4. The Morgan fingerprint density at radius 2 is 2.17 bits per heavy atom. The van der Waals surface area contributed by atoms with Crippen LogP contribution in [0.25, 0.3) is 0 Å². The summed E-state index contributed by atoms with van der Waals surface area (Å²) in [5.41, 5.74) is 3.63. The van der Waals surface area contributed by atoms with E-state index in [2.05, 4.69) is 21.4 Å². The standard InChI is InChI=1S/C15H12ClN5S2/c1-9-3-4-10(11(5-9)7-17)8-22-15-20-21(2)12-6-13(16)18-19-14(12)23-15/h3-6H,8H2,1-2H3. The van der Waals surface area contributed by atoms with Gasteiger partial charge in [0, 0.05) is 18.9 Å². The highest BCUT2D eigenvalue weighted by atomic mass is 35.5. The fourth-order valence-corrected chi connectivity index (χ4v) is 4.26. The van der Waals surface area contributed by atoms with Crippen molar-refractivity contribution in [2.75, 3.05) is 12.1 Å². The molecule has 0 saturated carbocycles. The third-order valence-electron chi connectivity index (χ3n) is 3.21. The third kappa shape index (κ3) is 3.61. The maximum Gasteiger partial charge on any atom is 0.157 e. The Bertz CT molecular complexity index is 831. The lowest BCUT2D eigenvalue weighted by molar-refractivity contribution is 0.884. The fraction of sp³-hybridized carbons (Fsp3) is 0.200. The molecule has 5 nitrogen and oxygen atoms in total. The zero-order valence-corrected chi connectivity index (χ0v) is 14.8. The van der Waals surface area contributed by atoms with Gasteiger partial charge in [-0.05, 0) is 35.9 Å². The molecule has 2 heterocycles. The summed E-state index contributed by atoms with van der Waals surface area (Å²) in [6.07, 6.45) is 0. The molecule has 0 aliphatic carbocycles. The summed E-state index contributed by atoms with van der Waals surface area (Å²) in [4.78, 5) is 0. The first-order chi connectivity index (χ1) is 11.1. The van der Waals surface area contributed by atoms with E-state index < -0.39 is 0 Å². The molecule has 1 aromatic heterocycles. The highest BCUT2D eigenvalue weighted by molar-refractivity contribution is 8.38. The van der Waals surface area contributed by atoms with E-state index in [1.165, 1.54) is 11.8 Å². The molecule has 3 rings (SSSR count). The van der Waals surface area contributed by atoms with E-state index in [-0.39, 0.29) is 0 Å². The van der Waals surface area contributed by atoms with E-state index in [1.807, 2.05) is 32.2 Å². The van der Waals surface area contributed by atoms with Gasteiger partial charge >= 0.3 is 0 Å². The first kappa shape index (κ1) is 16.1. The number of fused-ring (bicyclic) bond motifs is 1. The van der Waals surface area contributed by atoms with E-state index in [0.29, 0.717) is 16.5 Å². The van der Waals surface area contributed by atoms with Gasteiger partial charge in [-0.3, -0.25) is 5.01 Å². The summed E-state index contributed by atoms with van der Waals surface area (Å²) in [6.45, 7) is 1.98. The van der Waals surface area contributed by atoms with E-state index in [9.17, 15) is 5.26 Å². The number of anilines is 1. The first-order valence-corrected chi connectivity index (χ1v) is 8.90. The summed E-state index contributed by atoms with van der Waals surface area (Å²) in [7, 11) is 1.85. The van der Waals surface area contributed by atoms with Gasteiger partial charge in [0.05, 0.1) is 17.3 Å². The van der Waals surface area contributed by atoms with Gasteiger partial charge in [0.1, 0.15) is 0 Å². The maximum atomic E-state index is 9.24. The number of hydrogen-bond acceptors (Lipinski definition) is 7. The maximum absolute atomic E-state index is 9.24. The summed E-state index contributed by atoms with van der Waals surface area (Å²) < 4.78 is 0.862. The molecule has 0 N–H and O–H groups in total. The van der Waals surface area contributed by atoms with E-state index in [0.717, 1.165) is 26.2 Å². The van der Waals surface area contributed by atoms with Crippen molar-refractivity contribution in [1.29, 1.82) is 5.26 Å². The number of nitriles is 1. The minimum Gasteiger partial charge on any atom is -0.264 e. The number of hydrogen-bond donors (Lipinski definition) is 0. The molecule has 2 aromatic rings. The van der Waals surface area contributed by atoms with Crippen molar-refractivity contribution in [2.24, 2.45) is 5.10 Å². The molecule has 0 atom stereocenters. The van der Waals surface area contributed by atoms with Crippen LogP contribution in [0.1, 0.15) is 16.7 Å². The van der Waals surface area contributed by atoms with Crippen molar-refractivity contribution in [3.63, 3.8) is 0 Å². The van der Waals surface area contributed by atoms with Gasteiger partial charge in [-0.15, -0.1) is 10.2 Å². The highest BCUT2D eigenvalue weighted by Crippen LogP contribution is 2.38. The second-order valence-corrected chi connectivity index (χ2v) is 7.50. The van der Waals surface area contributed by atoms with Crippen molar-refractivity contribution in [2.45, 2.75) is 17.7 Å². The minimum absolute atomic E-state index is 0.348. The molecule has 0 amide bonds. The van der Waals surface area contributed by atoms with Gasteiger partial charge in [0.15, 0.2) is 14.6 Å². The number of nitrogens with zero attached hydrogens (tertiary/aromatic N) is 5. The van der Waals surface area contributed by atoms with Gasteiger partial charge in [-0.2, -0.15) is 10.4 Å². The van der Waals surface area contributed by atoms with Crippen LogP contribution < -0.4 is 5.01 Å². The van der Waals surface area contributed by atoms with Gasteiger partial charge < -0.3 is 0 Å². The molecule has 1 aliphatic heterocycles. The average Bonchev–Trinajstić information content (AvgIpc) is 2.54. The number of aryl methyl sites for hydroxylation is 1. The SMILES string of the molecule is Cc1ccc(CSC2=NN(C)c3cc(Cl)nnc3S2)c(C#N)c1. The molecule has 8 heteroatoms. The lowest BCUT2D eigenvalue weighted by Crippen LogP contribution is -2.17. The minimum atomic E-state index is 0.348. The Balaban J connectivity index is 1.76. The molecule has 0 bridgehead atoms. The molecule has 0 radical (unpaired) electrons. The predicted octanol–water partition coefficient (Wildman–Crippen LogP) is 4.06. The van der Waals surface area contributed by atoms with Crippen LogP contribution in [0.2, 0.25) is 5.15 Å². The molecular weight excluding hydrogens is 350 g/mol. The van der Waals surface area contributed by atoms with Crippen LogP contribution in [0.15, 0.2) is 34.4 Å². The average molecular weight is 362 g/mol. The molecule has 0 fully saturated rings. The number of benzene rings is 1. The second kappa shape index (κ2) is 6.79. The van der Waals surface area contributed by atoms with Crippen molar-refractivity contribution in [3.8, 4) is 6.07 Å². The predicted molar refractivity (Wildman–Crippen MR) is 95.9 cm³/mol. The number of halogens is 1. The molecule has 0 spiro atoms. The molecule has 1 aliphatic rings. The molecule has 23 heavy (non-hydrogen) atoms. The van der Waals surface area contributed by atoms with Crippen LogP contribution in [0, 0.1) is 18.3 Å². The van der Waals surface area contributed by atoms with Crippen LogP contribution in [0.4, 0.5) is 5.69 Å². The summed E-state index contributed by atoms with van der Waals surface area (Å²) in [5.74, 6) is 0.680. The summed E-state index contributed by atoms with van der Waals surface area (Å²) in [5, 5.41) is 24.6. The Kier molecular flexibility index (Phi) is 4.76.